The fourth-order valence-corrected chi connectivity index (χ4v) is 3.17. The van der Waals surface area contributed by atoms with Gasteiger partial charge in [-0.15, -0.1) is 12.4 Å². The molecule has 0 radical (unpaired) electrons. The zero-order valence-corrected chi connectivity index (χ0v) is 14.5. The molecule has 1 atom stereocenters. The van der Waals surface area contributed by atoms with Crippen LogP contribution >= 0.6 is 24.0 Å². The second-order valence-corrected chi connectivity index (χ2v) is 6.06. The molecule has 1 unspecified atom stereocenters. The first kappa shape index (κ1) is 17.8. The van der Waals surface area contributed by atoms with E-state index in [2.05, 4.69) is 28.8 Å². The molecule has 3 nitrogen and oxygen atoms in total. The van der Waals surface area contributed by atoms with Gasteiger partial charge in [0.1, 0.15) is 0 Å². The second-order valence-electron chi connectivity index (χ2n) is 5.62. The van der Waals surface area contributed by atoms with Crippen LogP contribution in [-0.4, -0.2) is 19.0 Å². The fourth-order valence-electron chi connectivity index (χ4n) is 2.95. The summed E-state index contributed by atoms with van der Waals surface area (Å²) >= 11 is 5.93. The van der Waals surface area contributed by atoms with E-state index in [0.717, 1.165) is 18.5 Å². The highest BCUT2D eigenvalue weighted by Crippen LogP contribution is 2.22. The molecule has 23 heavy (non-hydrogen) atoms. The maximum Gasteiger partial charge on any atom is 0.251 e. The highest BCUT2D eigenvalue weighted by Gasteiger charge is 2.20. The van der Waals surface area contributed by atoms with Crippen LogP contribution in [0.5, 0.6) is 0 Å². The molecule has 5 heteroatoms. The summed E-state index contributed by atoms with van der Waals surface area (Å²) in [5.41, 5.74) is 4.21. The number of rotatable bonds is 3. The van der Waals surface area contributed by atoms with Crippen molar-refractivity contribution in [3.63, 3.8) is 0 Å². The quantitative estimate of drug-likeness (QED) is 0.886. The third kappa shape index (κ3) is 4.05. The van der Waals surface area contributed by atoms with E-state index in [1.807, 2.05) is 19.1 Å². The van der Waals surface area contributed by atoms with Crippen LogP contribution in [-0.2, 0) is 6.42 Å². The van der Waals surface area contributed by atoms with Gasteiger partial charge in [0.15, 0.2) is 0 Å². The molecule has 1 aliphatic rings. The van der Waals surface area contributed by atoms with Crippen molar-refractivity contribution >= 4 is 29.9 Å². The largest absolute Gasteiger partial charge is 0.350 e. The number of hydrogen-bond acceptors (Lipinski definition) is 2. The summed E-state index contributed by atoms with van der Waals surface area (Å²) < 4.78 is 0. The lowest BCUT2D eigenvalue weighted by Gasteiger charge is -2.27. The van der Waals surface area contributed by atoms with Crippen LogP contribution in [0, 0.1) is 6.92 Å². The molecule has 0 saturated heterocycles. The fraction of sp³-hybridized carbons (Fsp3) is 0.278. The first-order chi connectivity index (χ1) is 10.6. The van der Waals surface area contributed by atoms with Crippen LogP contribution < -0.4 is 10.6 Å². The summed E-state index contributed by atoms with van der Waals surface area (Å²) in [7, 11) is 0. The Kier molecular flexibility index (Phi) is 6.05. The summed E-state index contributed by atoms with van der Waals surface area (Å²) in [4.78, 5) is 12.3. The lowest BCUT2D eigenvalue weighted by atomic mass is 9.94. The molecule has 1 heterocycles. The van der Waals surface area contributed by atoms with Gasteiger partial charge in [0.05, 0.1) is 0 Å². The average molecular weight is 351 g/mol. The van der Waals surface area contributed by atoms with Gasteiger partial charge in [-0.25, -0.2) is 0 Å². The van der Waals surface area contributed by atoms with Crippen LogP contribution in [0.15, 0.2) is 42.5 Å². The van der Waals surface area contributed by atoms with Crippen molar-refractivity contribution in [1.82, 2.24) is 10.6 Å². The molecule has 0 aromatic heterocycles. The minimum Gasteiger partial charge on any atom is -0.350 e. The molecule has 122 valence electrons. The molecule has 2 N–H and O–H groups in total. The van der Waals surface area contributed by atoms with E-state index in [4.69, 9.17) is 11.6 Å². The molecule has 3 rings (SSSR count). The number of carbonyl (C=O) groups is 1. The van der Waals surface area contributed by atoms with Gasteiger partial charge in [-0.2, -0.15) is 0 Å². The third-order valence-electron chi connectivity index (χ3n) is 4.12. The Bertz CT molecular complexity index is 703. The van der Waals surface area contributed by atoms with Gasteiger partial charge in [-0.05, 0) is 54.8 Å². The molecular formula is C18H20Cl2N2O. The number of halogens is 2. The Balaban J connectivity index is 0.00000192. The maximum atomic E-state index is 12.3. The van der Waals surface area contributed by atoms with E-state index in [0.29, 0.717) is 17.1 Å². The molecule has 2 aromatic rings. The summed E-state index contributed by atoms with van der Waals surface area (Å²) in [6.07, 6.45) is 1.04. The molecule has 0 saturated carbocycles. The number of amides is 1. The number of aryl methyl sites for hydroxylation is 1. The van der Waals surface area contributed by atoms with E-state index in [1.54, 1.807) is 12.1 Å². The van der Waals surface area contributed by atoms with Crippen LogP contribution in [0.3, 0.4) is 0 Å². The molecule has 2 aromatic carbocycles. The molecule has 0 spiro atoms. The Morgan fingerprint density at radius 1 is 1.30 bits per heavy atom. The Labute approximate surface area is 147 Å². The lowest BCUT2D eigenvalue weighted by molar-refractivity contribution is 0.0948. The smallest absolute Gasteiger partial charge is 0.251 e. The molecule has 0 fully saturated rings. The predicted octanol–water partition coefficient (Wildman–Crippen LogP) is 3.69. The van der Waals surface area contributed by atoms with Gasteiger partial charge in [0, 0.05) is 23.2 Å². The number of fused-ring (bicyclic) bond motifs is 1. The Hall–Kier alpha value is -1.55. The molecule has 1 aliphatic heterocycles. The lowest BCUT2D eigenvalue weighted by Crippen LogP contribution is -2.39. The number of nitrogens with one attached hydrogen (secondary N) is 2. The minimum absolute atomic E-state index is 0. The van der Waals surface area contributed by atoms with E-state index in [1.165, 1.54) is 11.1 Å². The van der Waals surface area contributed by atoms with Gasteiger partial charge in [0.25, 0.3) is 5.91 Å². The van der Waals surface area contributed by atoms with Crippen molar-refractivity contribution in [1.29, 1.82) is 0 Å². The van der Waals surface area contributed by atoms with Crippen molar-refractivity contribution in [3.05, 3.63) is 69.7 Å². The highest BCUT2D eigenvalue weighted by atomic mass is 35.5. The van der Waals surface area contributed by atoms with E-state index in [-0.39, 0.29) is 24.4 Å². The molecular weight excluding hydrogens is 331 g/mol. The first-order valence-electron chi connectivity index (χ1n) is 7.50. The zero-order valence-electron chi connectivity index (χ0n) is 12.9. The maximum absolute atomic E-state index is 12.3. The second kappa shape index (κ2) is 7.82. The van der Waals surface area contributed by atoms with Crippen LogP contribution in [0.2, 0.25) is 5.02 Å². The number of hydrogen-bond donors (Lipinski definition) is 2. The van der Waals surface area contributed by atoms with Gasteiger partial charge in [0.2, 0.25) is 0 Å². The number of carbonyl (C=O) groups excluding carboxylic acids is 1. The molecule has 0 aliphatic carbocycles. The van der Waals surface area contributed by atoms with Crippen LogP contribution in [0.1, 0.15) is 33.1 Å². The summed E-state index contributed by atoms with van der Waals surface area (Å²) in [6, 6.07) is 13.9. The molecule has 1 amide bonds. The SMILES string of the molecule is Cc1cc(Cl)ccc1C(=O)NCC1NCCc2ccccc21.Cl. The Morgan fingerprint density at radius 2 is 2.09 bits per heavy atom. The third-order valence-corrected chi connectivity index (χ3v) is 4.35. The van der Waals surface area contributed by atoms with Gasteiger partial charge in [-0.3, -0.25) is 4.79 Å². The van der Waals surface area contributed by atoms with Gasteiger partial charge < -0.3 is 10.6 Å². The standard InChI is InChI=1S/C18H19ClN2O.ClH/c1-12-10-14(19)6-7-15(12)18(22)21-11-17-16-5-3-2-4-13(16)8-9-20-17;/h2-7,10,17,20H,8-9,11H2,1H3,(H,21,22);1H. The highest BCUT2D eigenvalue weighted by molar-refractivity contribution is 6.30. The summed E-state index contributed by atoms with van der Waals surface area (Å²) in [5.74, 6) is -0.0565. The van der Waals surface area contributed by atoms with Crippen LogP contribution in [0.25, 0.3) is 0 Å². The van der Waals surface area contributed by atoms with Gasteiger partial charge in [-0.1, -0.05) is 35.9 Å². The topological polar surface area (TPSA) is 41.1 Å². The van der Waals surface area contributed by atoms with E-state index < -0.39 is 0 Å². The monoisotopic (exact) mass is 350 g/mol. The van der Waals surface area contributed by atoms with E-state index >= 15 is 0 Å². The predicted molar refractivity (Wildman–Crippen MR) is 96.7 cm³/mol. The van der Waals surface area contributed by atoms with Crippen LogP contribution in [0.4, 0.5) is 0 Å². The van der Waals surface area contributed by atoms with Crippen molar-refractivity contribution < 1.29 is 4.79 Å². The van der Waals surface area contributed by atoms with E-state index in [9.17, 15) is 4.79 Å². The first-order valence-corrected chi connectivity index (χ1v) is 7.88. The van der Waals surface area contributed by atoms with Crippen molar-refractivity contribution in [2.75, 3.05) is 13.1 Å². The summed E-state index contributed by atoms with van der Waals surface area (Å²) in [5, 5.41) is 7.15. The molecule has 0 bridgehead atoms. The average Bonchev–Trinajstić information content (AvgIpc) is 2.52. The number of benzene rings is 2. The zero-order chi connectivity index (χ0) is 15.5. The van der Waals surface area contributed by atoms with Crippen molar-refractivity contribution in [3.8, 4) is 0 Å². The minimum atomic E-state index is -0.0565. The van der Waals surface area contributed by atoms with Gasteiger partial charge >= 0.3 is 0 Å². The normalized spacial score (nSPS) is 16.2. The van der Waals surface area contributed by atoms with Crippen molar-refractivity contribution in [2.45, 2.75) is 19.4 Å². The van der Waals surface area contributed by atoms with Crippen molar-refractivity contribution in [2.24, 2.45) is 0 Å². The Morgan fingerprint density at radius 3 is 2.87 bits per heavy atom. The summed E-state index contributed by atoms with van der Waals surface area (Å²) in [6.45, 7) is 3.42.